The molecule has 1 N–H and O–H groups in total. The van der Waals surface area contributed by atoms with E-state index in [0.29, 0.717) is 29.5 Å². The van der Waals surface area contributed by atoms with Crippen molar-refractivity contribution in [2.24, 2.45) is 0 Å². The standard InChI is InChI=1S/C22H30N2O6S/c1-6-13-30-18-9-7-17(8-10-18)24(31(5,26)27)15-22(25)23-16(2)20-14-19(28-3)11-12-21(20)29-4/h7-12,14,16H,6,13,15H2,1-5H3,(H,23,25)/t16-/m1/s1. The number of ether oxygens (including phenoxy) is 3. The maximum Gasteiger partial charge on any atom is 0.241 e. The number of carbonyl (C=O) groups is 1. The van der Waals surface area contributed by atoms with E-state index in [2.05, 4.69) is 5.32 Å². The van der Waals surface area contributed by atoms with Crippen LogP contribution in [0.3, 0.4) is 0 Å². The van der Waals surface area contributed by atoms with Crippen LogP contribution in [-0.2, 0) is 14.8 Å². The van der Waals surface area contributed by atoms with Gasteiger partial charge in [0.2, 0.25) is 15.9 Å². The number of amides is 1. The lowest BCUT2D eigenvalue weighted by Gasteiger charge is -2.24. The van der Waals surface area contributed by atoms with Gasteiger partial charge in [-0.15, -0.1) is 0 Å². The Morgan fingerprint density at radius 1 is 1.06 bits per heavy atom. The summed E-state index contributed by atoms with van der Waals surface area (Å²) in [5.74, 6) is 1.41. The molecule has 31 heavy (non-hydrogen) atoms. The first-order valence-electron chi connectivity index (χ1n) is 9.91. The maximum atomic E-state index is 12.7. The molecule has 0 spiro atoms. The first-order valence-corrected chi connectivity index (χ1v) is 11.8. The molecule has 1 atom stereocenters. The van der Waals surface area contributed by atoms with Crippen molar-refractivity contribution in [2.45, 2.75) is 26.3 Å². The summed E-state index contributed by atoms with van der Waals surface area (Å²) < 4.78 is 41.9. The lowest BCUT2D eigenvalue weighted by molar-refractivity contribution is -0.120. The summed E-state index contributed by atoms with van der Waals surface area (Å²) >= 11 is 0. The summed E-state index contributed by atoms with van der Waals surface area (Å²) in [4.78, 5) is 12.7. The van der Waals surface area contributed by atoms with Crippen LogP contribution in [0.15, 0.2) is 42.5 Å². The first-order chi connectivity index (χ1) is 14.7. The Hall–Kier alpha value is -2.94. The molecule has 0 aliphatic heterocycles. The Labute approximate surface area is 184 Å². The Kier molecular flexibility index (Phi) is 8.56. The van der Waals surface area contributed by atoms with E-state index >= 15 is 0 Å². The number of benzene rings is 2. The minimum absolute atomic E-state index is 0.357. The number of hydrogen-bond acceptors (Lipinski definition) is 6. The summed E-state index contributed by atoms with van der Waals surface area (Å²) in [5, 5.41) is 2.83. The van der Waals surface area contributed by atoms with Gasteiger partial charge < -0.3 is 19.5 Å². The fraction of sp³-hybridized carbons (Fsp3) is 0.409. The highest BCUT2D eigenvalue weighted by molar-refractivity contribution is 7.92. The molecule has 0 saturated carbocycles. The van der Waals surface area contributed by atoms with E-state index in [1.54, 1.807) is 63.6 Å². The molecule has 9 heteroatoms. The topological polar surface area (TPSA) is 94.2 Å². The molecule has 2 aromatic carbocycles. The number of methoxy groups -OCH3 is 2. The smallest absolute Gasteiger partial charge is 0.241 e. The molecule has 0 fully saturated rings. The number of nitrogens with zero attached hydrogens (tertiary/aromatic N) is 1. The molecule has 0 unspecified atom stereocenters. The van der Waals surface area contributed by atoms with Crippen LogP contribution in [-0.4, -0.2) is 48.0 Å². The second kappa shape index (κ2) is 10.9. The van der Waals surface area contributed by atoms with Crippen LogP contribution in [0.1, 0.15) is 31.9 Å². The van der Waals surface area contributed by atoms with Gasteiger partial charge in [0.15, 0.2) is 0 Å². The average molecular weight is 451 g/mol. The minimum Gasteiger partial charge on any atom is -0.497 e. The Morgan fingerprint density at radius 2 is 1.71 bits per heavy atom. The fourth-order valence-electron chi connectivity index (χ4n) is 3.00. The van der Waals surface area contributed by atoms with E-state index in [0.717, 1.165) is 22.5 Å². The first kappa shape index (κ1) is 24.3. The third kappa shape index (κ3) is 6.78. The van der Waals surface area contributed by atoms with Crippen LogP contribution in [0.25, 0.3) is 0 Å². The van der Waals surface area contributed by atoms with Gasteiger partial charge in [-0.2, -0.15) is 0 Å². The molecule has 0 saturated heterocycles. The molecule has 1 amide bonds. The van der Waals surface area contributed by atoms with Crippen LogP contribution < -0.4 is 23.8 Å². The molecule has 0 aromatic heterocycles. The highest BCUT2D eigenvalue weighted by atomic mass is 32.2. The second-order valence-corrected chi connectivity index (χ2v) is 8.92. The van der Waals surface area contributed by atoms with E-state index in [1.807, 2.05) is 6.92 Å². The number of anilines is 1. The molecule has 0 aliphatic carbocycles. The largest absolute Gasteiger partial charge is 0.497 e. The van der Waals surface area contributed by atoms with Crippen LogP contribution in [0, 0.1) is 0 Å². The zero-order valence-corrected chi connectivity index (χ0v) is 19.4. The summed E-state index contributed by atoms with van der Waals surface area (Å²) in [6.07, 6.45) is 1.93. The van der Waals surface area contributed by atoms with Crippen LogP contribution in [0.2, 0.25) is 0 Å². The molecular weight excluding hydrogens is 420 g/mol. The molecule has 0 aliphatic rings. The molecule has 2 rings (SSSR count). The van der Waals surface area contributed by atoms with Crippen molar-refractivity contribution in [1.82, 2.24) is 5.32 Å². The van der Waals surface area contributed by atoms with Crippen molar-refractivity contribution < 1.29 is 27.4 Å². The van der Waals surface area contributed by atoms with E-state index < -0.39 is 22.0 Å². The van der Waals surface area contributed by atoms with Crippen LogP contribution in [0.5, 0.6) is 17.2 Å². The zero-order chi connectivity index (χ0) is 23.0. The molecule has 0 radical (unpaired) electrons. The van der Waals surface area contributed by atoms with E-state index in [1.165, 1.54) is 0 Å². The monoisotopic (exact) mass is 450 g/mol. The molecule has 0 heterocycles. The number of nitrogens with one attached hydrogen (secondary N) is 1. The van der Waals surface area contributed by atoms with Gasteiger partial charge in [0.1, 0.15) is 23.8 Å². The van der Waals surface area contributed by atoms with Gasteiger partial charge in [0.05, 0.1) is 38.8 Å². The Morgan fingerprint density at radius 3 is 2.26 bits per heavy atom. The number of sulfonamides is 1. The fourth-order valence-corrected chi connectivity index (χ4v) is 3.86. The highest BCUT2D eigenvalue weighted by Gasteiger charge is 2.23. The third-order valence-electron chi connectivity index (χ3n) is 4.57. The zero-order valence-electron chi connectivity index (χ0n) is 18.5. The van der Waals surface area contributed by atoms with E-state index in [9.17, 15) is 13.2 Å². The molecular formula is C22H30N2O6S. The minimum atomic E-state index is -3.68. The molecule has 8 nitrogen and oxygen atoms in total. The van der Waals surface area contributed by atoms with Gasteiger partial charge in [-0.3, -0.25) is 9.10 Å². The lowest BCUT2D eigenvalue weighted by atomic mass is 10.1. The average Bonchev–Trinajstić information content (AvgIpc) is 2.75. The Bertz CT molecular complexity index is 976. The van der Waals surface area contributed by atoms with Crippen molar-refractivity contribution in [3.8, 4) is 17.2 Å². The lowest BCUT2D eigenvalue weighted by Crippen LogP contribution is -2.41. The number of hydrogen-bond donors (Lipinski definition) is 1. The summed E-state index contributed by atoms with van der Waals surface area (Å²) in [5.41, 5.74) is 1.10. The SMILES string of the molecule is CCCOc1ccc(N(CC(=O)N[C@H](C)c2cc(OC)ccc2OC)S(C)(=O)=O)cc1. The van der Waals surface area contributed by atoms with Crippen molar-refractivity contribution in [3.05, 3.63) is 48.0 Å². The normalized spacial score (nSPS) is 12.0. The second-order valence-electron chi connectivity index (χ2n) is 7.01. The maximum absolute atomic E-state index is 12.7. The van der Waals surface area contributed by atoms with Crippen molar-refractivity contribution in [3.63, 3.8) is 0 Å². The summed E-state index contributed by atoms with van der Waals surface area (Å²) in [6, 6.07) is 11.5. The molecule has 170 valence electrons. The van der Waals surface area contributed by atoms with Gasteiger partial charge in [0.25, 0.3) is 0 Å². The van der Waals surface area contributed by atoms with Gasteiger partial charge in [-0.05, 0) is 55.8 Å². The third-order valence-corrected chi connectivity index (χ3v) is 5.71. The van der Waals surface area contributed by atoms with Gasteiger partial charge in [0, 0.05) is 5.56 Å². The summed E-state index contributed by atoms with van der Waals surface area (Å²) in [6.45, 7) is 4.01. The van der Waals surface area contributed by atoms with Crippen molar-refractivity contribution in [2.75, 3.05) is 37.9 Å². The van der Waals surface area contributed by atoms with E-state index in [-0.39, 0.29) is 6.54 Å². The van der Waals surface area contributed by atoms with E-state index in [4.69, 9.17) is 14.2 Å². The quantitative estimate of drug-likeness (QED) is 0.565. The van der Waals surface area contributed by atoms with Gasteiger partial charge in [-0.25, -0.2) is 8.42 Å². The molecule has 0 bridgehead atoms. The van der Waals surface area contributed by atoms with Crippen LogP contribution >= 0.6 is 0 Å². The molecule has 2 aromatic rings. The Balaban J connectivity index is 2.16. The van der Waals surface area contributed by atoms with Crippen molar-refractivity contribution >= 4 is 21.6 Å². The predicted molar refractivity (Wildman–Crippen MR) is 121 cm³/mol. The predicted octanol–water partition coefficient (Wildman–Crippen LogP) is 3.14. The van der Waals surface area contributed by atoms with Gasteiger partial charge >= 0.3 is 0 Å². The van der Waals surface area contributed by atoms with Crippen molar-refractivity contribution in [1.29, 1.82) is 0 Å². The highest BCUT2D eigenvalue weighted by Crippen LogP contribution is 2.29. The number of carbonyl (C=O) groups excluding carboxylic acids is 1. The van der Waals surface area contributed by atoms with Crippen LogP contribution in [0.4, 0.5) is 5.69 Å². The summed E-state index contributed by atoms with van der Waals surface area (Å²) in [7, 11) is -0.586. The van der Waals surface area contributed by atoms with Gasteiger partial charge in [-0.1, -0.05) is 6.92 Å². The number of rotatable bonds is 11.